The Labute approximate surface area is 152 Å². The summed E-state index contributed by atoms with van der Waals surface area (Å²) in [4.78, 5) is 21.0. The van der Waals surface area contributed by atoms with Crippen molar-refractivity contribution in [2.75, 3.05) is 0 Å². The van der Waals surface area contributed by atoms with E-state index >= 15 is 0 Å². The highest BCUT2D eigenvalue weighted by Gasteiger charge is 2.09. The largest absolute Gasteiger partial charge is 0.398 e. The monoisotopic (exact) mass is 344 g/mol. The summed E-state index contributed by atoms with van der Waals surface area (Å²) in [6.45, 7) is 4.11. The molecule has 2 N–H and O–H groups in total. The number of rotatable bonds is 5. The number of aromatic nitrogens is 4. The van der Waals surface area contributed by atoms with Crippen LogP contribution in [0.25, 0.3) is 5.70 Å². The van der Waals surface area contributed by atoms with Crippen LogP contribution in [0.5, 0.6) is 0 Å². The van der Waals surface area contributed by atoms with E-state index in [1.54, 1.807) is 24.8 Å². The van der Waals surface area contributed by atoms with Gasteiger partial charge in [-0.25, -0.2) is 19.9 Å². The maximum absolute atomic E-state index is 6.23. The summed E-state index contributed by atoms with van der Waals surface area (Å²) >= 11 is 0. The predicted octanol–water partition coefficient (Wildman–Crippen LogP) is 3.13. The highest BCUT2D eigenvalue weighted by atomic mass is 14.8. The highest BCUT2D eigenvalue weighted by molar-refractivity contribution is 6.11. The molecule has 1 atom stereocenters. The second-order valence-corrected chi connectivity index (χ2v) is 5.95. The van der Waals surface area contributed by atoms with Gasteiger partial charge in [0.2, 0.25) is 0 Å². The fraction of sp³-hybridized carbons (Fsp3) is 0.150. The van der Waals surface area contributed by atoms with Crippen LogP contribution in [0.4, 0.5) is 0 Å². The Balaban J connectivity index is 2.00. The summed E-state index contributed by atoms with van der Waals surface area (Å²) in [6, 6.07) is 8.29. The quantitative estimate of drug-likeness (QED) is 0.718. The van der Waals surface area contributed by atoms with Crippen LogP contribution in [0.3, 0.4) is 0 Å². The first kappa shape index (κ1) is 17.4. The zero-order valence-electron chi connectivity index (χ0n) is 14.7. The molecule has 0 saturated heterocycles. The van der Waals surface area contributed by atoms with E-state index in [0.29, 0.717) is 11.4 Å². The molecule has 1 unspecified atom stereocenters. The second-order valence-electron chi connectivity index (χ2n) is 5.95. The average Bonchev–Trinajstić information content (AvgIpc) is 2.69. The van der Waals surface area contributed by atoms with Crippen molar-refractivity contribution in [1.82, 2.24) is 19.9 Å². The van der Waals surface area contributed by atoms with Gasteiger partial charge in [0.25, 0.3) is 0 Å². The minimum absolute atomic E-state index is 0.0399. The summed E-state index contributed by atoms with van der Waals surface area (Å²) in [7, 11) is 0. The molecule has 0 spiro atoms. The molecule has 0 radical (unpaired) electrons. The molecule has 0 bridgehead atoms. The van der Waals surface area contributed by atoms with E-state index in [-0.39, 0.29) is 6.04 Å². The van der Waals surface area contributed by atoms with Crippen molar-refractivity contribution in [1.29, 1.82) is 0 Å². The van der Waals surface area contributed by atoms with Crippen LogP contribution < -0.4 is 5.73 Å². The van der Waals surface area contributed by atoms with Gasteiger partial charge in [-0.3, -0.25) is 4.99 Å². The van der Waals surface area contributed by atoms with Gasteiger partial charge in [0.15, 0.2) is 0 Å². The summed E-state index contributed by atoms with van der Waals surface area (Å²) in [5.74, 6) is 0. The van der Waals surface area contributed by atoms with E-state index in [2.05, 4.69) is 51.1 Å². The lowest BCUT2D eigenvalue weighted by molar-refractivity contribution is 0.821. The van der Waals surface area contributed by atoms with Gasteiger partial charge in [0, 0.05) is 41.6 Å². The van der Waals surface area contributed by atoms with Crippen LogP contribution in [-0.4, -0.2) is 25.6 Å². The van der Waals surface area contributed by atoms with Gasteiger partial charge in [-0.05, 0) is 25.5 Å². The van der Waals surface area contributed by atoms with Gasteiger partial charge in [0.1, 0.15) is 12.7 Å². The van der Waals surface area contributed by atoms with Gasteiger partial charge in [-0.1, -0.05) is 29.8 Å². The van der Waals surface area contributed by atoms with Crippen LogP contribution >= 0.6 is 0 Å². The molecule has 0 fully saturated rings. The maximum Gasteiger partial charge on any atom is 0.115 e. The highest BCUT2D eigenvalue weighted by Crippen LogP contribution is 2.19. The van der Waals surface area contributed by atoms with Crippen molar-refractivity contribution in [2.24, 2.45) is 10.7 Å². The van der Waals surface area contributed by atoms with Crippen LogP contribution in [0.2, 0.25) is 0 Å². The van der Waals surface area contributed by atoms with Crippen molar-refractivity contribution in [3.8, 4) is 0 Å². The zero-order chi connectivity index (χ0) is 18.4. The van der Waals surface area contributed by atoms with Crippen molar-refractivity contribution in [2.45, 2.75) is 19.9 Å². The first-order valence-electron chi connectivity index (χ1n) is 8.26. The Morgan fingerprint density at radius 3 is 2.04 bits per heavy atom. The lowest BCUT2D eigenvalue weighted by Crippen LogP contribution is -2.07. The predicted molar refractivity (Wildman–Crippen MR) is 102 cm³/mol. The molecule has 6 heteroatoms. The fourth-order valence-corrected chi connectivity index (χ4v) is 2.43. The molecule has 0 saturated carbocycles. The van der Waals surface area contributed by atoms with E-state index in [1.165, 1.54) is 18.2 Å². The Hall–Kier alpha value is -3.41. The van der Waals surface area contributed by atoms with Crippen molar-refractivity contribution < 1.29 is 0 Å². The molecule has 3 rings (SSSR count). The first-order valence-corrected chi connectivity index (χ1v) is 8.26. The summed E-state index contributed by atoms with van der Waals surface area (Å²) in [5.41, 5.74) is 11.3. The molecule has 0 aliphatic heterocycles. The topological polar surface area (TPSA) is 89.9 Å². The molecule has 0 amide bonds. The minimum Gasteiger partial charge on any atom is -0.398 e. The number of benzene rings is 1. The zero-order valence-corrected chi connectivity index (χ0v) is 14.7. The van der Waals surface area contributed by atoms with E-state index in [1.807, 2.05) is 13.0 Å². The van der Waals surface area contributed by atoms with Crippen molar-refractivity contribution in [3.63, 3.8) is 0 Å². The molecule has 2 heterocycles. The minimum atomic E-state index is -0.0399. The average molecular weight is 344 g/mol. The molecule has 6 nitrogen and oxygen atoms in total. The molecule has 3 aromatic rings. The summed E-state index contributed by atoms with van der Waals surface area (Å²) < 4.78 is 0. The van der Waals surface area contributed by atoms with Gasteiger partial charge < -0.3 is 5.73 Å². The molecule has 0 aliphatic carbocycles. The molecule has 26 heavy (non-hydrogen) atoms. The van der Waals surface area contributed by atoms with Gasteiger partial charge >= 0.3 is 0 Å². The second kappa shape index (κ2) is 8.11. The third-order valence-corrected chi connectivity index (χ3v) is 3.93. The number of aryl methyl sites for hydroxylation is 1. The number of allylic oxidation sites excluding steroid dienone is 1. The number of aliphatic imine (C=N–C) groups is 1. The molecule has 2 aromatic heterocycles. The summed E-state index contributed by atoms with van der Waals surface area (Å²) in [6.07, 6.45) is 11.5. The number of nitrogens with zero attached hydrogens (tertiary/aromatic N) is 5. The maximum atomic E-state index is 6.23. The molecule has 130 valence electrons. The van der Waals surface area contributed by atoms with E-state index < -0.39 is 0 Å². The third kappa shape index (κ3) is 4.36. The fourth-order valence-electron chi connectivity index (χ4n) is 2.43. The molecular formula is C20H20N6. The number of hydrogen-bond acceptors (Lipinski definition) is 6. The standard InChI is InChI=1S/C20H20N6/c1-14-3-5-16(6-4-14)15(2)26-20(18-10-24-13-25-11-18)7-19(21)17-8-22-12-23-9-17/h3-13,15H,21H2,1-2H3/b19-7-,26-20?. The van der Waals surface area contributed by atoms with Gasteiger partial charge in [0.05, 0.1) is 11.8 Å². The lowest BCUT2D eigenvalue weighted by atomic mass is 10.1. The van der Waals surface area contributed by atoms with Crippen molar-refractivity contribution in [3.05, 3.63) is 90.0 Å². The Kier molecular flexibility index (Phi) is 5.43. The van der Waals surface area contributed by atoms with Crippen LogP contribution in [0.1, 0.15) is 35.2 Å². The van der Waals surface area contributed by atoms with Crippen LogP contribution in [-0.2, 0) is 0 Å². The van der Waals surface area contributed by atoms with E-state index in [9.17, 15) is 0 Å². The summed E-state index contributed by atoms with van der Waals surface area (Å²) in [5, 5.41) is 0. The number of nitrogens with two attached hydrogens (primary N) is 1. The van der Waals surface area contributed by atoms with Crippen molar-refractivity contribution >= 4 is 11.4 Å². The smallest absolute Gasteiger partial charge is 0.115 e. The Bertz CT molecular complexity index is 902. The first-order chi connectivity index (χ1) is 12.6. The van der Waals surface area contributed by atoms with E-state index in [0.717, 1.165) is 16.7 Å². The third-order valence-electron chi connectivity index (χ3n) is 3.93. The molecular weight excluding hydrogens is 324 g/mol. The number of hydrogen-bond donors (Lipinski definition) is 1. The van der Waals surface area contributed by atoms with Gasteiger partial charge in [-0.15, -0.1) is 0 Å². The Morgan fingerprint density at radius 1 is 0.923 bits per heavy atom. The lowest BCUT2D eigenvalue weighted by Gasteiger charge is -2.11. The molecule has 0 aliphatic rings. The SMILES string of the molecule is Cc1ccc(C(C)N=C(/C=C(\N)c2cncnc2)c2cncnc2)cc1. The van der Waals surface area contributed by atoms with E-state index in [4.69, 9.17) is 10.7 Å². The Morgan fingerprint density at radius 2 is 1.46 bits per heavy atom. The van der Waals surface area contributed by atoms with Gasteiger partial charge in [-0.2, -0.15) is 0 Å². The van der Waals surface area contributed by atoms with Crippen LogP contribution in [0.15, 0.2) is 72.8 Å². The van der Waals surface area contributed by atoms with Crippen LogP contribution in [0, 0.1) is 6.92 Å². The normalized spacial score (nSPS) is 13.5. The molecule has 1 aromatic carbocycles.